The molecule has 0 saturated carbocycles. The molecule has 0 fully saturated rings. The number of hydrogen-bond acceptors (Lipinski definition) is 3. The van der Waals surface area contributed by atoms with Gasteiger partial charge in [-0.15, -0.1) is 0 Å². The van der Waals surface area contributed by atoms with E-state index in [4.69, 9.17) is 9.84 Å². The largest absolute Gasteiger partial charge is 0.497 e. The van der Waals surface area contributed by atoms with Crippen molar-refractivity contribution in [3.63, 3.8) is 0 Å². The second-order valence-corrected chi connectivity index (χ2v) is 3.31. The van der Waals surface area contributed by atoms with Crippen LogP contribution in [0.5, 0.6) is 5.75 Å². The second-order valence-electron chi connectivity index (χ2n) is 3.31. The van der Waals surface area contributed by atoms with E-state index in [1.165, 1.54) is 12.2 Å². The SMILES string of the molecule is COc1ccc(C(O)C=C=C=C=C=CCO)cc1. The van der Waals surface area contributed by atoms with Gasteiger partial charge in [0.15, 0.2) is 0 Å². The standard InChI is InChI=1S/C15H14O3/c1-18-14-10-8-13(9-11-14)15(17)7-5-3-2-4-6-12-16/h6-11,15-17H,12H2,1H3. The zero-order chi connectivity index (χ0) is 13.2. The average Bonchev–Trinajstić information content (AvgIpc) is 2.42. The quantitative estimate of drug-likeness (QED) is 0.793. The Balaban J connectivity index is 2.81. The van der Waals surface area contributed by atoms with Gasteiger partial charge in [0, 0.05) is 0 Å². The highest BCUT2D eigenvalue weighted by Gasteiger charge is 2.02. The number of rotatable bonds is 4. The first-order chi connectivity index (χ1) is 8.77. The minimum atomic E-state index is -0.757. The molecule has 0 radical (unpaired) electrons. The molecule has 18 heavy (non-hydrogen) atoms. The van der Waals surface area contributed by atoms with E-state index < -0.39 is 6.10 Å². The Morgan fingerprint density at radius 2 is 1.89 bits per heavy atom. The van der Waals surface area contributed by atoms with E-state index >= 15 is 0 Å². The van der Waals surface area contributed by atoms with E-state index in [0.29, 0.717) is 0 Å². The van der Waals surface area contributed by atoms with Gasteiger partial charge in [-0.05, 0) is 41.3 Å². The number of benzene rings is 1. The number of aliphatic hydroxyl groups is 2. The van der Waals surface area contributed by atoms with Crippen LogP contribution in [0.2, 0.25) is 0 Å². The molecule has 3 heteroatoms. The molecule has 1 atom stereocenters. The molecule has 0 aliphatic rings. The minimum Gasteiger partial charge on any atom is -0.497 e. The summed E-state index contributed by atoms with van der Waals surface area (Å²) in [7, 11) is 1.59. The molecule has 1 unspecified atom stereocenters. The molecular weight excluding hydrogens is 228 g/mol. The van der Waals surface area contributed by atoms with Crippen molar-refractivity contribution in [2.45, 2.75) is 6.10 Å². The molecule has 0 spiro atoms. The summed E-state index contributed by atoms with van der Waals surface area (Å²) in [5, 5.41) is 18.2. The molecule has 1 rings (SSSR count). The van der Waals surface area contributed by atoms with Crippen LogP contribution in [-0.4, -0.2) is 23.9 Å². The Morgan fingerprint density at radius 1 is 1.22 bits per heavy atom. The third-order valence-corrected chi connectivity index (χ3v) is 2.10. The third-order valence-electron chi connectivity index (χ3n) is 2.10. The maximum Gasteiger partial charge on any atom is 0.118 e. The number of aliphatic hydroxyl groups excluding tert-OH is 2. The summed E-state index contributed by atoms with van der Waals surface area (Å²) in [5.41, 5.74) is 11.0. The Bertz CT molecular complexity index is 532. The summed E-state index contributed by atoms with van der Waals surface area (Å²) in [5.74, 6) is 0.738. The van der Waals surface area contributed by atoms with Gasteiger partial charge in [0.1, 0.15) is 11.9 Å². The fourth-order valence-corrected chi connectivity index (χ4v) is 1.19. The van der Waals surface area contributed by atoms with Crippen molar-refractivity contribution in [1.82, 2.24) is 0 Å². The van der Waals surface area contributed by atoms with E-state index in [1.54, 1.807) is 31.4 Å². The van der Waals surface area contributed by atoms with Crippen molar-refractivity contribution >= 4 is 0 Å². The number of methoxy groups -OCH3 is 1. The van der Waals surface area contributed by atoms with Gasteiger partial charge < -0.3 is 14.9 Å². The van der Waals surface area contributed by atoms with Gasteiger partial charge in [0.2, 0.25) is 0 Å². The lowest BCUT2D eigenvalue weighted by molar-refractivity contribution is 0.229. The predicted octanol–water partition coefficient (Wildman–Crippen LogP) is 1.90. The number of hydrogen-bond donors (Lipinski definition) is 2. The maximum absolute atomic E-state index is 9.79. The zero-order valence-corrected chi connectivity index (χ0v) is 10.1. The molecule has 0 amide bonds. The van der Waals surface area contributed by atoms with Gasteiger partial charge in [-0.2, -0.15) is 0 Å². The average molecular weight is 242 g/mol. The molecule has 92 valence electrons. The van der Waals surface area contributed by atoms with Crippen LogP contribution in [-0.2, 0) is 0 Å². The molecule has 0 aliphatic heterocycles. The van der Waals surface area contributed by atoms with E-state index in [1.807, 2.05) is 0 Å². The highest BCUT2D eigenvalue weighted by Crippen LogP contribution is 2.17. The molecule has 1 aromatic carbocycles. The molecule has 1 aromatic rings. The van der Waals surface area contributed by atoms with Crippen molar-refractivity contribution in [2.24, 2.45) is 0 Å². The summed E-state index contributed by atoms with van der Waals surface area (Å²) in [6.07, 6.45) is 2.09. The van der Waals surface area contributed by atoms with Crippen LogP contribution in [0.3, 0.4) is 0 Å². The van der Waals surface area contributed by atoms with E-state index in [-0.39, 0.29) is 6.61 Å². The van der Waals surface area contributed by atoms with E-state index in [2.05, 4.69) is 22.9 Å². The molecular formula is C15H14O3. The fraction of sp³-hybridized carbons (Fsp3) is 0.200. The van der Waals surface area contributed by atoms with Gasteiger partial charge in [0.25, 0.3) is 0 Å². The highest BCUT2D eigenvalue weighted by atomic mass is 16.5. The zero-order valence-electron chi connectivity index (χ0n) is 10.1. The molecule has 0 bridgehead atoms. The summed E-state index contributed by atoms with van der Waals surface area (Å²) < 4.78 is 5.02. The van der Waals surface area contributed by atoms with Crippen molar-refractivity contribution < 1.29 is 14.9 Å². The van der Waals surface area contributed by atoms with Gasteiger partial charge in [-0.25, -0.2) is 0 Å². The first-order valence-electron chi connectivity index (χ1n) is 5.37. The van der Waals surface area contributed by atoms with E-state index in [9.17, 15) is 5.11 Å². The topological polar surface area (TPSA) is 49.7 Å². The van der Waals surface area contributed by atoms with Crippen LogP contribution >= 0.6 is 0 Å². The predicted molar refractivity (Wildman–Crippen MR) is 68.2 cm³/mol. The van der Waals surface area contributed by atoms with Gasteiger partial charge >= 0.3 is 0 Å². The molecule has 0 aliphatic carbocycles. The van der Waals surface area contributed by atoms with Gasteiger partial charge in [-0.3, -0.25) is 0 Å². The smallest absolute Gasteiger partial charge is 0.118 e. The lowest BCUT2D eigenvalue weighted by atomic mass is 10.1. The molecule has 0 heterocycles. The van der Waals surface area contributed by atoms with Crippen LogP contribution in [0.25, 0.3) is 0 Å². The first kappa shape index (κ1) is 13.9. The van der Waals surface area contributed by atoms with Gasteiger partial charge in [0.05, 0.1) is 13.7 Å². The molecule has 2 N–H and O–H groups in total. The highest BCUT2D eigenvalue weighted by molar-refractivity contribution is 5.29. The van der Waals surface area contributed by atoms with E-state index in [0.717, 1.165) is 11.3 Å². The Kier molecular flexibility index (Phi) is 6.14. The first-order valence-corrected chi connectivity index (χ1v) is 5.37. The summed E-state index contributed by atoms with van der Waals surface area (Å²) in [6, 6.07) is 7.09. The van der Waals surface area contributed by atoms with Crippen molar-refractivity contribution in [3.8, 4) is 5.75 Å². The lowest BCUT2D eigenvalue weighted by Crippen LogP contribution is -1.92. The van der Waals surface area contributed by atoms with Crippen molar-refractivity contribution in [1.29, 1.82) is 0 Å². The van der Waals surface area contributed by atoms with Gasteiger partial charge in [-0.1, -0.05) is 23.6 Å². The Morgan fingerprint density at radius 3 is 2.50 bits per heavy atom. The number of ether oxygens (including phenoxy) is 1. The fourth-order valence-electron chi connectivity index (χ4n) is 1.19. The Labute approximate surface area is 106 Å². The molecule has 3 nitrogen and oxygen atoms in total. The monoisotopic (exact) mass is 242 g/mol. The van der Waals surface area contributed by atoms with Crippen LogP contribution in [0.4, 0.5) is 0 Å². The molecule has 0 aromatic heterocycles. The van der Waals surface area contributed by atoms with Crippen LogP contribution in [0.1, 0.15) is 11.7 Å². The van der Waals surface area contributed by atoms with Crippen LogP contribution in [0.15, 0.2) is 59.3 Å². The second kappa shape index (κ2) is 7.97. The lowest BCUT2D eigenvalue weighted by Gasteiger charge is -2.05. The summed E-state index contributed by atoms with van der Waals surface area (Å²) in [6.45, 7) is -0.0904. The van der Waals surface area contributed by atoms with Crippen molar-refractivity contribution in [3.05, 3.63) is 64.9 Å². The van der Waals surface area contributed by atoms with Crippen molar-refractivity contribution in [2.75, 3.05) is 13.7 Å². The van der Waals surface area contributed by atoms with Crippen LogP contribution < -0.4 is 4.74 Å². The van der Waals surface area contributed by atoms with Crippen LogP contribution in [0, 0.1) is 0 Å². The normalized spacial score (nSPS) is 10.2. The minimum absolute atomic E-state index is 0.0904. The molecule has 0 saturated heterocycles. The third kappa shape index (κ3) is 4.76. The summed E-state index contributed by atoms with van der Waals surface area (Å²) in [4.78, 5) is 0. The summed E-state index contributed by atoms with van der Waals surface area (Å²) >= 11 is 0. The maximum atomic E-state index is 9.79. The Hall–Kier alpha value is -2.20.